The minimum Gasteiger partial charge on any atom is -0.383 e. The first-order valence-electron chi connectivity index (χ1n) is 9.64. The van der Waals surface area contributed by atoms with E-state index in [-0.39, 0.29) is 18.4 Å². The third-order valence-electron chi connectivity index (χ3n) is 5.58. The number of hydrogen-bond donors (Lipinski definition) is 1. The summed E-state index contributed by atoms with van der Waals surface area (Å²) < 4.78 is 5.33. The number of aliphatic hydroxyl groups is 1. The van der Waals surface area contributed by atoms with Crippen LogP contribution in [0.3, 0.4) is 0 Å². The molecule has 3 heterocycles. The molecule has 1 aliphatic heterocycles. The van der Waals surface area contributed by atoms with Crippen LogP contribution in [0.2, 0.25) is 0 Å². The van der Waals surface area contributed by atoms with E-state index >= 15 is 0 Å². The first-order valence-corrected chi connectivity index (χ1v) is 9.64. The fraction of sp³-hybridized carbons (Fsp3) is 0.409. The largest absolute Gasteiger partial charge is 0.383 e. The quantitative estimate of drug-likeness (QED) is 0.751. The summed E-state index contributed by atoms with van der Waals surface area (Å²) in [4.78, 5) is 19.6. The SMILES string of the molecule is Cc1ccc(C2(O)CCN(C(=O)c3cc(C(C)C)nc4onc(C)c34)C2)cc1. The molecule has 2 aromatic heterocycles. The van der Waals surface area contributed by atoms with Crippen molar-refractivity contribution in [3.63, 3.8) is 0 Å². The Hall–Kier alpha value is -2.73. The summed E-state index contributed by atoms with van der Waals surface area (Å²) in [5.74, 6) is 0.0352. The maximum absolute atomic E-state index is 13.4. The molecule has 0 spiro atoms. The number of nitrogens with zero attached hydrogens (tertiary/aromatic N) is 3. The van der Waals surface area contributed by atoms with Crippen molar-refractivity contribution >= 4 is 17.0 Å². The van der Waals surface area contributed by atoms with Gasteiger partial charge in [-0.3, -0.25) is 4.79 Å². The van der Waals surface area contributed by atoms with Crippen molar-refractivity contribution in [3.05, 3.63) is 58.4 Å². The average Bonchev–Trinajstić information content (AvgIpc) is 3.25. The maximum atomic E-state index is 13.4. The zero-order valence-electron chi connectivity index (χ0n) is 16.7. The first kappa shape index (κ1) is 18.6. The Morgan fingerprint density at radius 2 is 1.96 bits per heavy atom. The molecule has 1 saturated heterocycles. The van der Waals surface area contributed by atoms with Gasteiger partial charge in [0.15, 0.2) is 0 Å². The number of pyridine rings is 1. The van der Waals surface area contributed by atoms with Gasteiger partial charge in [-0.25, -0.2) is 4.98 Å². The second-order valence-electron chi connectivity index (χ2n) is 8.07. The minimum absolute atomic E-state index is 0.122. The Labute approximate surface area is 164 Å². The molecular weight excluding hydrogens is 354 g/mol. The van der Waals surface area contributed by atoms with E-state index in [1.54, 1.807) is 4.90 Å². The lowest BCUT2D eigenvalue weighted by Gasteiger charge is -2.24. The molecule has 0 saturated carbocycles. The Morgan fingerprint density at radius 3 is 2.64 bits per heavy atom. The number of carbonyl (C=O) groups excluding carboxylic acids is 1. The Bertz CT molecular complexity index is 1040. The molecule has 0 bridgehead atoms. The van der Waals surface area contributed by atoms with Crippen molar-refractivity contribution in [2.24, 2.45) is 0 Å². The van der Waals surface area contributed by atoms with Gasteiger partial charge >= 0.3 is 0 Å². The van der Waals surface area contributed by atoms with Crippen LogP contribution in [0, 0.1) is 13.8 Å². The molecule has 28 heavy (non-hydrogen) atoms. The van der Waals surface area contributed by atoms with Crippen molar-refractivity contribution in [1.29, 1.82) is 0 Å². The topological polar surface area (TPSA) is 79.5 Å². The van der Waals surface area contributed by atoms with Gasteiger partial charge in [0, 0.05) is 12.2 Å². The molecule has 1 amide bonds. The number of fused-ring (bicyclic) bond motifs is 1. The molecule has 4 rings (SSSR count). The zero-order valence-corrected chi connectivity index (χ0v) is 16.7. The standard InChI is InChI=1S/C22H25N3O3/c1-13(2)18-11-17(19-15(4)24-28-20(19)23-18)21(26)25-10-9-22(27,12-25)16-7-5-14(3)6-8-16/h5-8,11,13,27H,9-10,12H2,1-4H3. The number of aryl methyl sites for hydroxylation is 2. The number of hydrogen-bond acceptors (Lipinski definition) is 5. The molecule has 0 radical (unpaired) electrons. The Balaban J connectivity index is 1.69. The molecule has 3 aromatic rings. The number of β-amino-alcohol motifs (C(OH)–C–C–N with tert-alkyl or cyclic N) is 1. The lowest BCUT2D eigenvalue weighted by Crippen LogP contribution is -2.34. The van der Waals surface area contributed by atoms with Gasteiger partial charge in [-0.1, -0.05) is 48.8 Å². The molecule has 6 heteroatoms. The Morgan fingerprint density at radius 1 is 1.25 bits per heavy atom. The van der Waals surface area contributed by atoms with Gasteiger partial charge < -0.3 is 14.5 Å². The highest BCUT2D eigenvalue weighted by Crippen LogP contribution is 2.34. The highest BCUT2D eigenvalue weighted by Gasteiger charge is 2.40. The van der Waals surface area contributed by atoms with E-state index in [9.17, 15) is 9.90 Å². The molecule has 1 atom stereocenters. The third kappa shape index (κ3) is 3.07. The van der Waals surface area contributed by atoms with E-state index in [0.717, 1.165) is 16.8 Å². The van der Waals surface area contributed by atoms with Crippen LogP contribution < -0.4 is 0 Å². The number of rotatable bonds is 3. The van der Waals surface area contributed by atoms with Gasteiger partial charge in [-0.2, -0.15) is 0 Å². The number of carbonyl (C=O) groups is 1. The molecule has 6 nitrogen and oxygen atoms in total. The van der Waals surface area contributed by atoms with Crippen LogP contribution in [0.15, 0.2) is 34.9 Å². The summed E-state index contributed by atoms with van der Waals surface area (Å²) in [5, 5.41) is 15.8. The molecule has 1 aromatic carbocycles. The lowest BCUT2D eigenvalue weighted by molar-refractivity contribution is 0.0418. The van der Waals surface area contributed by atoms with Crippen molar-refractivity contribution in [1.82, 2.24) is 15.0 Å². The van der Waals surface area contributed by atoms with E-state index in [1.165, 1.54) is 0 Å². The van der Waals surface area contributed by atoms with Gasteiger partial charge in [0.25, 0.3) is 11.6 Å². The van der Waals surface area contributed by atoms with Gasteiger partial charge in [0.05, 0.1) is 23.2 Å². The predicted molar refractivity (Wildman–Crippen MR) is 106 cm³/mol. The maximum Gasteiger partial charge on any atom is 0.259 e. The number of benzene rings is 1. The smallest absolute Gasteiger partial charge is 0.259 e. The summed E-state index contributed by atoms with van der Waals surface area (Å²) in [7, 11) is 0. The summed E-state index contributed by atoms with van der Waals surface area (Å²) in [6, 6.07) is 9.69. The molecule has 0 aliphatic carbocycles. The molecule has 1 fully saturated rings. The van der Waals surface area contributed by atoms with E-state index in [1.807, 2.05) is 58.0 Å². The van der Waals surface area contributed by atoms with Crippen molar-refractivity contribution in [2.45, 2.75) is 45.6 Å². The van der Waals surface area contributed by atoms with Crippen LogP contribution in [-0.2, 0) is 5.60 Å². The Kier molecular flexibility index (Phi) is 4.46. The van der Waals surface area contributed by atoms with Crippen molar-refractivity contribution < 1.29 is 14.4 Å². The third-order valence-corrected chi connectivity index (χ3v) is 5.58. The van der Waals surface area contributed by atoms with Crippen LogP contribution in [0.5, 0.6) is 0 Å². The van der Waals surface area contributed by atoms with Crippen LogP contribution in [0.1, 0.15) is 59.1 Å². The second-order valence-corrected chi connectivity index (χ2v) is 8.07. The summed E-state index contributed by atoms with van der Waals surface area (Å²) in [6.45, 7) is 8.64. The predicted octanol–water partition coefficient (Wildman–Crippen LogP) is 3.70. The van der Waals surface area contributed by atoms with E-state index in [4.69, 9.17) is 4.52 Å². The van der Waals surface area contributed by atoms with Crippen molar-refractivity contribution in [2.75, 3.05) is 13.1 Å². The van der Waals surface area contributed by atoms with Crippen LogP contribution in [-0.4, -0.2) is 39.1 Å². The normalized spacial score (nSPS) is 19.7. The monoisotopic (exact) mass is 379 g/mol. The van der Waals surface area contributed by atoms with Gasteiger partial charge in [0.1, 0.15) is 5.60 Å². The lowest BCUT2D eigenvalue weighted by atomic mass is 9.92. The van der Waals surface area contributed by atoms with Crippen LogP contribution >= 0.6 is 0 Å². The summed E-state index contributed by atoms with van der Waals surface area (Å²) in [5.41, 5.74) is 3.33. The van der Waals surface area contributed by atoms with Crippen LogP contribution in [0.4, 0.5) is 0 Å². The van der Waals surface area contributed by atoms with Gasteiger partial charge in [-0.15, -0.1) is 0 Å². The molecule has 146 valence electrons. The fourth-order valence-electron chi connectivity index (χ4n) is 3.82. The first-order chi connectivity index (χ1) is 13.3. The molecular formula is C22H25N3O3. The minimum atomic E-state index is -1.03. The highest BCUT2D eigenvalue weighted by atomic mass is 16.5. The number of aromatic nitrogens is 2. The highest BCUT2D eigenvalue weighted by molar-refractivity contribution is 6.06. The van der Waals surface area contributed by atoms with E-state index < -0.39 is 5.60 Å². The number of amides is 1. The van der Waals surface area contributed by atoms with Crippen LogP contribution in [0.25, 0.3) is 11.1 Å². The average molecular weight is 379 g/mol. The zero-order chi connectivity index (χ0) is 20.1. The van der Waals surface area contributed by atoms with Crippen molar-refractivity contribution in [3.8, 4) is 0 Å². The molecule has 1 aliphatic rings. The summed E-state index contributed by atoms with van der Waals surface area (Å²) in [6.07, 6.45) is 0.510. The van der Waals surface area contributed by atoms with E-state index in [0.29, 0.717) is 35.3 Å². The molecule has 1 N–H and O–H groups in total. The van der Waals surface area contributed by atoms with Gasteiger partial charge in [0.2, 0.25) is 0 Å². The second kappa shape index (κ2) is 6.71. The summed E-state index contributed by atoms with van der Waals surface area (Å²) >= 11 is 0. The molecule has 1 unspecified atom stereocenters. The number of likely N-dealkylation sites (tertiary alicyclic amines) is 1. The van der Waals surface area contributed by atoms with E-state index in [2.05, 4.69) is 10.1 Å². The van der Waals surface area contributed by atoms with Gasteiger partial charge in [-0.05, 0) is 37.8 Å². The fourth-order valence-corrected chi connectivity index (χ4v) is 3.82.